The molecule has 0 aromatic carbocycles. The second-order valence-corrected chi connectivity index (χ2v) is 2.33. The third-order valence-corrected chi connectivity index (χ3v) is 1.36. The first-order chi connectivity index (χ1) is 5.83. The number of nitrogens with zero attached hydrogens (tertiary/aromatic N) is 1. The Morgan fingerprint density at radius 2 is 2.42 bits per heavy atom. The van der Waals surface area contributed by atoms with Gasteiger partial charge in [-0.1, -0.05) is 0 Å². The summed E-state index contributed by atoms with van der Waals surface area (Å²) in [5.41, 5.74) is -0.142. The molecule has 0 fully saturated rings. The van der Waals surface area contributed by atoms with Crippen molar-refractivity contribution in [3.63, 3.8) is 0 Å². The van der Waals surface area contributed by atoms with Crippen LogP contribution >= 0.6 is 0 Å². The molecule has 0 radical (unpaired) electrons. The quantitative estimate of drug-likeness (QED) is 0.525. The molecule has 0 amide bonds. The van der Waals surface area contributed by atoms with Crippen molar-refractivity contribution in [2.24, 2.45) is 0 Å². The molecule has 1 aromatic rings. The highest BCUT2D eigenvalue weighted by molar-refractivity contribution is 5.31. The topological polar surface area (TPSA) is 69.8 Å². The Kier molecular flexibility index (Phi) is 3.28. The number of H-pyrrole nitrogens is 1. The molecule has 5 heteroatoms. The van der Waals surface area contributed by atoms with Gasteiger partial charge in [0.25, 0.3) is 5.56 Å². The highest BCUT2D eigenvalue weighted by Gasteiger charge is 1.91. The molecule has 0 aliphatic rings. The number of hydrogen-bond acceptors (Lipinski definition) is 4. The standard InChI is InChI=1S/C7H12N4O/c1-8-2-3-9-6-4-7(12)11-5-10-6/h4-5,8H,2-3H2,1H3,(H2,9,10,11,12). The average Bonchev–Trinajstić information content (AvgIpc) is 2.05. The summed E-state index contributed by atoms with van der Waals surface area (Å²) in [5.74, 6) is 0.606. The van der Waals surface area contributed by atoms with E-state index in [4.69, 9.17) is 0 Å². The molecule has 1 aromatic heterocycles. The van der Waals surface area contributed by atoms with Crippen molar-refractivity contribution in [3.05, 3.63) is 22.7 Å². The van der Waals surface area contributed by atoms with E-state index < -0.39 is 0 Å². The van der Waals surface area contributed by atoms with Crippen molar-refractivity contribution >= 4 is 5.82 Å². The maximum atomic E-state index is 10.8. The fourth-order valence-corrected chi connectivity index (χ4v) is 0.781. The van der Waals surface area contributed by atoms with Crippen molar-refractivity contribution in [3.8, 4) is 0 Å². The summed E-state index contributed by atoms with van der Waals surface area (Å²) in [4.78, 5) is 17.1. The molecule has 12 heavy (non-hydrogen) atoms. The number of anilines is 1. The number of aromatic amines is 1. The molecule has 0 spiro atoms. The summed E-state index contributed by atoms with van der Waals surface area (Å²) in [7, 11) is 1.87. The smallest absolute Gasteiger partial charge is 0.252 e. The van der Waals surface area contributed by atoms with Crippen LogP contribution in [0.25, 0.3) is 0 Å². The molecule has 3 N–H and O–H groups in total. The lowest BCUT2D eigenvalue weighted by atomic mass is 10.5. The van der Waals surface area contributed by atoms with Gasteiger partial charge in [-0.2, -0.15) is 0 Å². The molecule has 1 rings (SSSR count). The fourth-order valence-electron chi connectivity index (χ4n) is 0.781. The Morgan fingerprint density at radius 3 is 3.08 bits per heavy atom. The summed E-state index contributed by atoms with van der Waals surface area (Å²) in [6.07, 6.45) is 1.38. The van der Waals surface area contributed by atoms with E-state index in [1.807, 2.05) is 7.05 Å². The number of rotatable bonds is 4. The van der Waals surface area contributed by atoms with Crippen molar-refractivity contribution < 1.29 is 0 Å². The lowest BCUT2D eigenvalue weighted by Gasteiger charge is -2.02. The van der Waals surface area contributed by atoms with E-state index in [0.29, 0.717) is 5.82 Å². The molecule has 0 saturated carbocycles. The SMILES string of the molecule is CNCCNc1cc(=O)[nH]cn1. The van der Waals surface area contributed by atoms with Crippen molar-refractivity contribution in [1.82, 2.24) is 15.3 Å². The van der Waals surface area contributed by atoms with E-state index in [1.54, 1.807) is 0 Å². The zero-order chi connectivity index (χ0) is 8.81. The van der Waals surface area contributed by atoms with Crippen molar-refractivity contribution in [2.45, 2.75) is 0 Å². The summed E-state index contributed by atoms with van der Waals surface area (Å²) in [6.45, 7) is 1.60. The summed E-state index contributed by atoms with van der Waals surface area (Å²) >= 11 is 0. The van der Waals surface area contributed by atoms with Gasteiger partial charge >= 0.3 is 0 Å². The van der Waals surface area contributed by atoms with Gasteiger partial charge in [-0.15, -0.1) is 0 Å². The Bertz CT molecular complexity index is 283. The lowest BCUT2D eigenvalue weighted by molar-refractivity contribution is 0.820. The van der Waals surface area contributed by atoms with E-state index in [1.165, 1.54) is 12.4 Å². The van der Waals surface area contributed by atoms with E-state index in [9.17, 15) is 4.79 Å². The van der Waals surface area contributed by atoms with Crippen molar-refractivity contribution in [2.75, 3.05) is 25.5 Å². The molecule has 0 aliphatic heterocycles. The van der Waals surface area contributed by atoms with Gasteiger partial charge in [0.2, 0.25) is 0 Å². The average molecular weight is 168 g/mol. The van der Waals surface area contributed by atoms with Crippen LogP contribution in [0.3, 0.4) is 0 Å². The van der Waals surface area contributed by atoms with Crippen molar-refractivity contribution in [1.29, 1.82) is 0 Å². The normalized spacial score (nSPS) is 9.75. The molecule has 66 valence electrons. The van der Waals surface area contributed by atoms with Crippen LogP contribution in [0, 0.1) is 0 Å². The van der Waals surface area contributed by atoms with E-state index in [2.05, 4.69) is 20.6 Å². The number of hydrogen-bond donors (Lipinski definition) is 3. The third kappa shape index (κ3) is 2.71. The van der Waals surface area contributed by atoms with Crippen LogP contribution in [0.15, 0.2) is 17.2 Å². The van der Waals surface area contributed by atoms with Gasteiger partial charge in [0.1, 0.15) is 5.82 Å². The van der Waals surface area contributed by atoms with Gasteiger partial charge in [0, 0.05) is 19.2 Å². The van der Waals surface area contributed by atoms with E-state index >= 15 is 0 Å². The Balaban J connectivity index is 2.47. The molecule has 0 atom stereocenters. The van der Waals surface area contributed by atoms with Crippen LogP contribution in [-0.4, -0.2) is 30.1 Å². The molecular formula is C7H12N4O. The van der Waals surface area contributed by atoms with Gasteiger partial charge in [-0.05, 0) is 7.05 Å². The zero-order valence-electron chi connectivity index (χ0n) is 6.92. The largest absolute Gasteiger partial charge is 0.369 e. The van der Waals surface area contributed by atoms with Gasteiger partial charge in [-0.3, -0.25) is 4.79 Å². The summed E-state index contributed by atoms with van der Waals surface area (Å²) in [6, 6.07) is 1.43. The highest BCUT2D eigenvalue weighted by Crippen LogP contribution is 1.91. The summed E-state index contributed by atoms with van der Waals surface area (Å²) < 4.78 is 0. The Hall–Kier alpha value is -1.36. The minimum absolute atomic E-state index is 0.142. The molecule has 0 aliphatic carbocycles. The molecule has 5 nitrogen and oxygen atoms in total. The number of nitrogens with one attached hydrogen (secondary N) is 3. The minimum Gasteiger partial charge on any atom is -0.369 e. The van der Waals surface area contributed by atoms with Crippen LogP contribution in [0.5, 0.6) is 0 Å². The van der Waals surface area contributed by atoms with E-state index in [0.717, 1.165) is 13.1 Å². The first-order valence-corrected chi connectivity index (χ1v) is 3.76. The molecule has 0 saturated heterocycles. The van der Waals surface area contributed by atoms with Gasteiger partial charge in [-0.25, -0.2) is 4.98 Å². The predicted octanol–water partition coefficient (Wildman–Crippen LogP) is -0.599. The Morgan fingerprint density at radius 1 is 1.58 bits per heavy atom. The Labute approximate surface area is 70.2 Å². The third-order valence-electron chi connectivity index (χ3n) is 1.36. The maximum absolute atomic E-state index is 10.8. The zero-order valence-corrected chi connectivity index (χ0v) is 6.92. The van der Waals surface area contributed by atoms with Crippen LogP contribution in [0.1, 0.15) is 0 Å². The predicted molar refractivity (Wildman–Crippen MR) is 47.3 cm³/mol. The van der Waals surface area contributed by atoms with Crippen LogP contribution in [-0.2, 0) is 0 Å². The molecular weight excluding hydrogens is 156 g/mol. The maximum Gasteiger partial charge on any atom is 0.252 e. The number of likely N-dealkylation sites (N-methyl/N-ethyl adjacent to an activating group) is 1. The minimum atomic E-state index is -0.142. The van der Waals surface area contributed by atoms with Gasteiger partial charge < -0.3 is 15.6 Å². The summed E-state index contributed by atoms with van der Waals surface area (Å²) in [5, 5.41) is 5.97. The fraction of sp³-hybridized carbons (Fsp3) is 0.429. The van der Waals surface area contributed by atoms with Crippen LogP contribution in [0.2, 0.25) is 0 Å². The molecule has 1 heterocycles. The van der Waals surface area contributed by atoms with E-state index in [-0.39, 0.29) is 5.56 Å². The van der Waals surface area contributed by atoms with Crippen LogP contribution < -0.4 is 16.2 Å². The first-order valence-electron chi connectivity index (χ1n) is 3.76. The van der Waals surface area contributed by atoms with Gasteiger partial charge in [0.05, 0.1) is 6.33 Å². The first kappa shape index (κ1) is 8.73. The van der Waals surface area contributed by atoms with Gasteiger partial charge in [0.15, 0.2) is 0 Å². The monoisotopic (exact) mass is 168 g/mol. The number of aromatic nitrogens is 2. The van der Waals surface area contributed by atoms with Crippen LogP contribution in [0.4, 0.5) is 5.82 Å². The lowest BCUT2D eigenvalue weighted by Crippen LogP contribution is -2.19. The molecule has 0 bridgehead atoms. The second-order valence-electron chi connectivity index (χ2n) is 2.33. The molecule has 0 unspecified atom stereocenters. The second kappa shape index (κ2) is 4.50. The highest BCUT2D eigenvalue weighted by atomic mass is 16.1.